The summed E-state index contributed by atoms with van der Waals surface area (Å²) in [6, 6.07) is 5.06. The molecule has 1 aromatic carbocycles. The van der Waals surface area contributed by atoms with E-state index in [1.165, 1.54) is 0 Å². The minimum atomic E-state index is -0.926. The highest BCUT2D eigenvalue weighted by Crippen LogP contribution is 2.39. The molecule has 1 aliphatic rings. The van der Waals surface area contributed by atoms with Gasteiger partial charge in [-0.05, 0) is 30.9 Å². The van der Waals surface area contributed by atoms with Crippen molar-refractivity contribution in [2.24, 2.45) is 5.92 Å². The van der Waals surface area contributed by atoms with Gasteiger partial charge >= 0.3 is 5.97 Å². The van der Waals surface area contributed by atoms with E-state index in [9.17, 15) is 9.90 Å². The number of rotatable bonds is 4. The lowest BCUT2D eigenvalue weighted by Crippen LogP contribution is -2.49. The summed E-state index contributed by atoms with van der Waals surface area (Å²) in [7, 11) is 0. The first kappa shape index (κ1) is 14.7. The largest absolute Gasteiger partial charge is 0.508 e. The molecule has 1 N–H and O–H groups in total. The van der Waals surface area contributed by atoms with Gasteiger partial charge in [0.25, 0.3) is 0 Å². The van der Waals surface area contributed by atoms with Crippen molar-refractivity contribution in [2.75, 3.05) is 6.61 Å². The van der Waals surface area contributed by atoms with Crippen LogP contribution in [-0.2, 0) is 16.0 Å². The maximum atomic E-state index is 12.3. The lowest BCUT2D eigenvalue weighted by atomic mass is 9.84. The first-order valence-corrected chi connectivity index (χ1v) is 7.15. The van der Waals surface area contributed by atoms with Gasteiger partial charge in [-0.2, -0.15) is 0 Å². The molecule has 0 bridgehead atoms. The van der Waals surface area contributed by atoms with Gasteiger partial charge in [-0.3, -0.25) is 0 Å². The quantitative estimate of drug-likeness (QED) is 0.860. The highest BCUT2D eigenvalue weighted by Gasteiger charge is 2.45. The second-order valence-corrected chi connectivity index (χ2v) is 5.71. The molecule has 2 rings (SSSR count). The number of hydrogen-bond donors (Lipinski definition) is 1. The fourth-order valence-electron chi connectivity index (χ4n) is 2.74. The van der Waals surface area contributed by atoms with Crippen molar-refractivity contribution in [3.8, 4) is 11.5 Å². The zero-order valence-electron chi connectivity index (χ0n) is 12.3. The number of aryl methyl sites for hydroxylation is 1. The molecule has 1 aromatic rings. The third-order valence-electron chi connectivity index (χ3n) is 3.54. The summed E-state index contributed by atoms with van der Waals surface area (Å²) in [5.74, 6) is 0.749. The summed E-state index contributed by atoms with van der Waals surface area (Å²) in [4.78, 5) is 12.3. The van der Waals surface area contributed by atoms with Gasteiger partial charge in [-0.1, -0.05) is 19.9 Å². The lowest BCUT2D eigenvalue weighted by Gasteiger charge is -2.37. The Morgan fingerprint density at radius 3 is 2.90 bits per heavy atom. The number of phenols is 1. The number of carbonyl (C=O) groups is 1. The fraction of sp³-hybridized carbons (Fsp3) is 0.562. The summed E-state index contributed by atoms with van der Waals surface area (Å²) in [6.07, 6.45) is 1.98. The van der Waals surface area contributed by atoms with E-state index in [2.05, 4.69) is 13.8 Å². The van der Waals surface area contributed by atoms with E-state index in [0.29, 0.717) is 31.1 Å². The number of phenolic OH excluding ortho intramolecular Hbond substituents is 1. The topological polar surface area (TPSA) is 55.8 Å². The van der Waals surface area contributed by atoms with Crippen molar-refractivity contribution in [1.82, 2.24) is 0 Å². The molecule has 1 unspecified atom stereocenters. The molecule has 0 aromatic heterocycles. The Hall–Kier alpha value is -1.71. The first-order valence-electron chi connectivity index (χ1n) is 7.15. The molecule has 0 radical (unpaired) electrons. The van der Waals surface area contributed by atoms with Crippen LogP contribution in [-0.4, -0.2) is 23.3 Å². The van der Waals surface area contributed by atoms with Crippen molar-refractivity contribution in [2.45, 2.75) is 45.6 Å². The van der Waals surface area contributed by atoms with Gasteiger partial charge in [0.15, 0.2) is 0 Å². The maximum Gasteiger partial charge on any atom is 0.350 e. The van der Waals surface area contributed by atoms with E-state index in [0.717, 1.165) is 12.0 Å². The zero-order chi connectivity index (χ0) is 14.8. The van der Waals surface area contributed by atoms with Crippen molar-refractivity contribution in [3.63, 3.8) is 0 Å². The molecule has 1 aliphatic heterocycles. The van der Waals surface area contributed by atoms with Crippen LogP contribution < -0.4 is 4.74 Å². The summed E-state index contributed by atoms with van der Waals surface area (Å²) >= 11 is 0. The van der Waals surface area contributed by atoms with Crippen LogP contribution in [0.4, 0.5) is 0 Å². The van der Waals surface area contributed by atoms with Gasteiger partial charge < -0.3 is 14.6 Å². The van der Waals surface area contributed by atoms with E-state index in [4.69, 9.17) is 9.47 Å². The predicted molar refractivity (Wildman–Crippen MR) is 75.9 cm³/mol. The average Bonchev–Trinajstić information content (AvgIpc) is 2.37. The summed E-state index contributed by atoms with van der Waals surface area (Å²) in [5.41, 5.74) is 0.0943. The average molecular weight is 278 g/mol. The highest BCUT2D eigenvalue weighted by molar-refractivity contribution is 5.80. The summed E-state index contributed by atoms with van der Waals surface area (Å²) in [6.45, 7) is 6.25. The first-order chi connectivity index (χ1) is 9.47. The predicted octanol–water partition coefficient (Wildman–Crippen LogP) is 3.07. The Morgan fingerprint density at radius 1 is 1.50 bits per heavy atom. The molecule has 0 saturated heterocycles. The molecule has 0 spiro atoms. The van der Waals surface area contributed by atoms with E-state index >= 15 is 0 Å². The third kappa shape index (κ3) is 2.89. The minimum absolute atomic E-state index is 0.146. The molecule has 20 heavy (non-hydrogen) atoms. The van der Waals surface area contributed by atoms with E-state index in [1.54, 1.807) is 19.1 Å². The summed E-state index contributed by atoms with van der Waals surface area (Å²) < 4.78 is 11.2. The molecule has 4 heteroatoms. The minimum Gasteiger partial charge on any atom is -0.508 e. The van der Waals surface area contributed by atoms with Crippen molar-refractivity contribution in [3.05, 3.63) is 23.8 Å². The molecule has 110 valence electrons. The van der Waals surface area contributed by atoms with Gasteiger partial charge in [0.2, 0.25) is 5.60 Å². The highest BCUT2D eigenvalue weighted by atomic mass is 16.6. The number of hydrogen-bond acceptors (Lipinski definition) is 4. The summed E-state index contributed by atoms with van der Waals surface area (Å²) in [5, 5.41) is 9.59. The maximum absolute atomic E-state index is 12.3. The Bertz CT molecular complexity index is 495. The van der Waals surface area contributed by atoms with Crippen LogP contribution in [0.1, 0.15) is 39.2 Å². The Kier molecular flexibility index (Phi) is 4.21. The molecule has 0 fully saturated rings. The smallest absolute Gasteiger partial charge is 0.350 e. The van der Waals surface area contributed by atoms with Crippen LogP contribution in [0.3, 0.4) is 0 Å². The van der Waals surface area contributed by atoms with Crippen LogP contribution in [0.15, 0.2) is 18.2 Å². The number of esters is 1. The molecule has 0 aliphatic carbocycles. The number of ether oxygens (including phenoxy) is 2. The van der Waals surface area contributed by atoms with Gasteiger partial charge in [0, 0.05) is 18.9 Å². The molecule has 0 amide bonds. The lowest BCUT2D eigenvalue weighted by molar-refractivity contribution is -0.165. The van der Waals surface area contributed by atoms with Crippen molar-refractivity contribution in [1.29, 1.82) is 0 Å². The van der Waals surface area contributed by atoms with Crippen LogP contribution in [0.5, 0.6) is 11.5 Å². The van der Waals surface area contributed by atoms with Crippen LogP contribution in [0.2, 0.25) is 0 Å². The van der Waals surface area contributed by atoms with E-state index in [1.807, 2.05) is 6.07 Å². The van der Waals surface area contributed by atoms with Gasteiger partial charge in [0.05, 0.1) is 6.61 Å². The van der Waals surface area contributed by atoms with Crippen molar-refractivity contribution >= 4 is 5.97 Å². The second-order valence-electron chi connectivity index (χ2n) is 5.71. The zero-order valence-corrected chi connectivity index (χ0v) is 12.3. The molecule has 4 nitrogen and oxygen atoms in total. The standard InChI is InChI=1S/C16H22O4/c1-4-19-15(18)16(10-11(2)3)8-7-12-5-6-13(17)9-14(12)20-16/h5-6,9,11,17H,4,7-8,10H2,1-3H3. The third-order valence-corrected chi connectivity index (χ3v) is 3.54. The van der Waals surface area contributed by atoms with Crippen LogP contribution in [0, 0.1) is 5.92 Å². The number of benzene rings is 1. The number of carbonyl (C=O) groups excluding carboxylic acids is 1. The van der Waals surface area contributed by atoms with E-state index in [-0.39, 0.29) is 11.7 Å². The van der Waals surface area contributed by atoms with Crippen molar-refractivity contribution < 1.29 is 19.4 Å². The van der Waals surface area contributed by atoms with Gasteiger partial charge in [-0.15, -0.1) is 0 Å². The fourth-order valence-corrected chi connectivity index (χ4v) is 2.74. The molecule has 0 saturated carbocycles. The Labute approximate surface area is 119 Å². The van der Waals surface area contributed by atoms with E-state index < -0.39 is 5.60 Å². The van der Waals surface area contributed by atoms with Gasteiger partial charge in [0.1, 0.15) is 11.5 Å². The Balaban J connectivity index is 2.32. The SMILES string of the molecule is CCOC(=O)C1(CC(C)C)CCc2ccc(O)cc2O1. The normalized spacial score (nSPS) is 21.2. The molecular weight excluding hydrogens is 256 g/mol. The molecule has 1 atom stereocenters. The molecular formula is C16H22O4. The van der Waals surface area contributed by atoms with Crippen LogP contribution in [0.25, 0.3) is 0 Å². The second kappa shape index (κ2) is 5.73. The number of aromatic hydroxyl groups is 1. The molecule has 1 heterocycles. The Morgan fingerprint density at radius 2 is 2.25 bits per heavy atom. The van der Waals surface area contributed by atoms with Crippen LogP contribution >= 0.6 is 0 Å². The van der Waals surface area contributed by atoms with Gasteiger partial charge in [-0.25, -0.2) is 4.79 Å². The monoisotopic (exact) mass is 278 g/mol. The number of fused-ring (bicyclic) bond motifs is 1.